The lowest BCUT2D eigenvalue weighted by molar-refractivity contribution is 0.0951. The number of piperazine rings is 1. The van der Waals surface area contributed by atoms with Crippen molar-refractivity contribution >= 4 is 17.2 Å². The molecule has 128 valence electrons. The quantitative estimate of drug-likeness (QED) is 0.873. The molecule has 0 atom stereocenters. The number of thiophene rings is 1. The van der Waals surface area contributed by atoms with Crippen LogP contribution in [0.2, 0.25) is 0 Å². The van der Waals surface area contributed by atoms with Gasteiger partial charge in [-0.2, -0.15) is 0 Å². The minimum Gasteiger partial charge on any atom is -0.350 e. The van der Waals surface area contributed by atoms with E-state index < -0.39 is 0 Å². The number of halogens is 1. The zero-order valence-electron chi connectivity index (χ0n) is 13.8. The fraction of sp³-hybridized carbons (Fsp3) is 0.389. The van der Waals surface area contributed by atoms with E-state index >= 15 is 0 Å². The van der Waals surface area contributed by atoms with Gasteiger partial charge in [0.05, 0.1) is 4.88 Å². The fourth-order valence-corrected chi connectivity index (χ4v) is 3.82. The number of carbonyl (C=O) groups is 1. The molecule has 1 aliphatic rings. The SMILES string of the molecule is Cc1sc(C(=O)NCCN2CCNCC2)cc1-c1ccc(F)cc1. The monoisotopic (exact) mass is 347 g/mol. The molecule has 2 aromatic rings. The normalized spacial score (nSPS) is 15.4. The van der Waals surface area contributed by atoms with Crippen molar-refractivity contribution < 1.29 is 9.18 Å². The molecule has 0 bridgehead atoms. The molecular formula is C18H22FN3OS. The minimum absolute atomic E-state index is 0.0356. The summed E-state index contributed by atoms with van der Waals surface area (Å²) in [6.45, 7) is 7.61. The lowest BCUT2D eigenvalue weighted by atomic mass is 10.1. The molecule has 0 spiro atoms. The highest BCUT2D eigenvalue weighted by Crippen LogP contribution is 2.31. The van der Waals surface area contributed by atoms with Crippen LogP contribution in [0.5, 0.6) is 0 Å². The summed E-state index contributed by atoms with van der Waals surface area (Å²) in [5, 5.41) is 6.31. The van der Waals surface area contributed by atoms with Crippen molar-refractivity contribution in [3.63, 3.8) is 0 Å². The largest absolute Gasteiger partial charge is 0.350 e. The molecule has 1 fully saturated rings. The van der Waals surface area contributed by atoms with Crippen molar-refractivity contribution in [3.8, 4) is 11.1 Å². The number of hydrogen-bond donors (Lipinski definition) is 2. The summed E-state index contributed by atoms with van der Waals surface area (Å²) in [5.41, 5.74) is 1.93. The Bertz CT molecular complexity index is 693. The molecular weight excluding hydrogens is 325 g/mol. The average molecular weight is 347 g/mol. The second-order valence-corrected chi connectivity index (χ2v) is 7.19. The topological polar surface area (TPSA) is 44.4 Å². The van der Waals surface area contributed by atoms with Crippen molar-refractivity contribution in [2.24, 2.45) is 0 Å². The third-order valence-corrected chi connectivity index (χ3v) is 5.27. The van der Waals surface area contributed by atoms with Gasteiger partial charge in [0.1, 0.15) is 5.82 Å². The summed E-state index contributed by atoms with van der Waals surface area (Å²) < 4.78 is 13.1. The summed E-state index contributed by atoms with van der Waals surface area (Å²) >= 11 is 1.48. The van der Waals surface area contributed by atoms with Crippen LogP contribution in [0.3, 0.4) is 0 Å². The van der Waals surface area contributed by atoms with Crippen molar-refractivity contribution in [2.45, 2.75) is 6.92 Å². The summed E-state index contributed by atoms with van der Waals surface area (Å²) in [6, 6.07) is 8.28. The van der Waals surface area contributed by atoms with E-state index in [0.717, 1.165) is 48.7 Å². The van der Waals surface area contributed by atoms with Gasteiger partial charge in [0.2, 0.25) is 0 Å². The first-order valence-electron chi connectivity index (χ1n) is 8.21. The van der Waals surface area contributed by atoms with Gasteiger partial charge < -0.3 is 10.6 Å². The van der Waals surface area contributed by atoms with E-state index in [4.69, 9.17) is 0 Å². The van der Waals surface area contributed by atoms with E-state index in [1.165, 1.54) is 23.5 Å². The third-order valence-electron chi connectivity index (χ3n) is 4.22. The van der Waals surface area contributed by atoms with Crippen LogP contribution < -0.4 is 10.6 Å². The Morgan fingerprint density at radius 2 is 2.00 bits per heavy atom. The third kappa shape index (κ3) is 4.20. The summed E-state index contributed by atoms with van der Waals surface area (Å²) in [6.07, 6.45) is 0. The van der Waals surface area contributed by atoms with E-state index in [-0.39, 0.29) is 11.7 Å². The Kier molecular flexibility index (Phi) is 5.60. The van der Waals surface area contributed by atoms with E-state index in [9.17, 15) is 9.18 Å². The number of amides is 1. The maximum Gasteiger partial charge on any atom is 0.261 e. The summed E-state index contributed by atoms with van der Waals surface area (Å²) in [5.74, 6) is -0.288. The second-order valence-electron chi connectivity index (χ2n) is 5.93. The summed E-state index contributed by atoms with van der Waals surface area (Å²) in [4.78, 5) is 16.5. The van der Waals surface area contributed by atoms with Gasteiger partial charge in [-0.1, -0.05) is 12.1 Å². The second kappa shape index (κ2) is 7.88. The maximum absolute atomic E-state index is 13.1. The van der Waals surface area contributed by atoms with Gasteiger partial charge in [-0.3, -0.25) is 9.69 Å². The van der Waals surface area contributed by atoms with Crippen LogP contribution in [0.15, 0.2) is 30.3 Å². The summed E-state index contributed by atoms with van der Waals surface area (Å²) in [7, 11) is 0. The molecule has 24 heavy (non-hydrogen) atoms. The zero-order valence-corrected chi connectivity index (χ0v) is 14.6. The van der Waals surface area contributed by atoms with Crippen LogP contribution in [0.25, 0.3) is 11.1 Å². The molecule has 6 heteroatoms. The molecule has 0 unspecified atom stereocenters. The molecule has 0 aliphatic carbocycles. The van der Waals surface area contributed by atoms with E-state index in [1.54, 1.807) is 12.1 Å². The van der Waals surface area contributed by atoms with Gasteiger partial charge in [0, 0.05) is 44.1 Å². The lowest BCUT2D eigenvalue weighted by Gasteiger charge is -2.26. The van der Waals surface area contributed by atoms with Crippen molar-refractivity contribution in [2.75, 3.05) is 39.3 Å². The Labute approximate surface area is 145 Å². The van der Waals surface area contributed by atoms with Crippen LogP contribution in [0, 0.1) is 12.7 Å². The van der Waals surface area contributed by atoms with Gasteiger partial charge in [-0.25, -0.2) is 4.39 Å². The molecule has 2 heterocycles. The van der Waals surface area contributed by atoms with Gasteiger partial charge in [-0.05, 0) is 36.2 Å². The molecule has 0 saturated carbocycles. The van der Waals surface area contributed by atoms with Crippen molar-refractivity contribution in [1.82, 2.24) is 15.5 Å². The highest BCUT2D eigenvalue weighted by molar-refractivity contribution is 7.14. The Hall–Kier alpha value is -1.76. The van der Waals surface area contributed by atoms with Crippen LogP contribution >= 0.6 is 11.3 Å². The Balaban J connectivity index is 1.59. The molecule has 1 aliphatic heterocycles. The smallest absolute Gasteiger partial charge is 0.261 e. The maximum atomic E-state index is 13.1. The average Bonchev–Trinajstić information content (AvgIpc) is 2.98. The van der Waals surface area contributed by atoms with Gasteiger partial charge >= 0.3 is 0 Å². The van der Waals surface area contributed by atoms with Gasteiger partial charge in [0.25, 0.3) is 5.91 Å². The predicted octanol–water partition coefficient (Wildman–Crippen LogP) is 2.50. The predicted molar refractivity (Wildman–Crippen MR) is 96.1 cm³/mol. The van der Waals surface area contributed by atoms with E-state index in [1.807, 2.05) is 13.0 Å². The van der Waals surface area contributed by atoms with Crippen molar-refractivity contribution in [1.29, 1.82) is 0 Å². The molecule has 1 aromatic carbocycles. The van der Waals surface area contributed by atoms with Crippen LogP contribution in [0.1, 0.15) is 14.5 Å². The number of aryl methyl sites for hydroxylation is 1. The number of hydrogen-bond acceptors (Lipinski definition) is 4. The first-order valence-corrected chi connectivity index (χ1v) is 9.03. The van der Waals surface area contributed by atoms with Gasteiger partial charge in [-0.15, -0.1) is 11.3 Å². The van der Waals surface area contributed by atoms with Crippen LogP contribution in [0.4, 0.5) is 4.39 Å². The number of nitrogens with one attached hydrogen (secondary N) is 2. The first-order chi connectivity index (χ1) is 11.6. The number of carbonyl (C=O) groups excluding carboxylic acids is 1. The van der Waals surface area contributed by atoms with Crippen LogP contribution in [-0.2, 0) is 0 Å². The Morgan fingerprint density at radius 1 is 1.29 bits per heavy atom. The van der Waals surface area contributed by atoms with Crippen molar-refractivity contribution in [3.05, 3.63) is 45.9 Å². The molecule has 0 radical (unpaired) electrons. The highest BCUT2D eigenvalue weighted by atomic mass is 32.1. The van der Waals surface area contributed by atoms with E-state index in [2.05, 4.69) is 15.5 Å². The zero-order chi connectivity index (χ0) is 16.9. The fourth-order valence-electron chi connectivity index (χ4n) is 2.86. The standard InChI is InChI=1S/C18H22FN3OS/c1-13-16(14-2-4-15(19)5-3-14)12-17(24-13)18(23)21-8-11-22-9-6-20-7-10-22/h2-5,12,20H,6-11H2,1H3,(H,21,23). The van der Waals surface area contributed by atoms with E-state index in [0.29, 0.717) is 11.4 Å². The molecule has 4 nitrogen and oxygen atoms in total. The molecule has 3 rings (SSSR count). The molecule has 1 amide bonds. The minimum atomic E-state index is -0.252. The number of benzene rings is 1. The lowest BCUT2D eigenvalue weighted by Crippen LogP contribution is -2.46. The molecule has 1 aromatic heterocycles. The number of rotatable bonds is 5. The highest BCUT2D eigenvalue weighted by Gasteiger charge is 2.14. The van der Waals surface area contributed by atoms with Crippen LogP contribution in [-0.4, -0.2) is 50.1 Å². The molecule has 2 N–H and O–H groups in total. The number of nitrogens with zero attached hydrogens (tertiary/aromatic N) is 1. The van der Waals surface area contributed by atoms with Gasteiger partial charge in [0.15, 0.2) is 0 Å². The Morgan fingerprint density at radius 3 is 2.71 bits per heavy atom. The first kappa shape index (κ1) is 17.1. The molecule has 1 saturated heterocycles.